The van der Waals surface area contributed by atoms with Gasteiger partial charge in [-0.1, -0.05) is 285 Å². The van der Waals surface area contributed by atoms with Gasteiger partial charge in [0.15, 0.2) is 12.2 Å². The summed E-state index contributed by atoms with van der Waals surface area (Å²) >= 11 is 0. The first-order valence-electron chi connectivity index (χ1n) is 33.6. The molecule has 0 aromatic rings. The number of rotatable bonds is 60. The van der Waals surface area contributed by atoms with Gasteiger partial charge in [-0.05, 0) is 25.7 Å². The number of carbonyl (C=O) groups excluding carboxylic acids is 4. The molecule has 0 amide bonds. The third-order valence-corrected chi connectivity index (χ3v) is 14.9. The summed E-state index contributed by atoms with van der Waals surface area (Å²) in [7, 11) is -5.00. The Hall–Kier alpha value is -0.170. The third-order valence-electron chi connectivity index (χ3n) is 14.4. The first-order valence-corrected chi connectivity index (χ1v) is 35.1. The summed E-state index contributed by atoms with van der Waals surface area (Å²) in [5, 5.41) is 35.5. The smallest absolute Gasteiger partial charge is 0.790 e. The average molecular weight is 1240 g/mol. The topological polar surface area (TPSA) is 259 Å². The fraction of sp³-hybridized carbons (Fsp3) is 0.938. The van der Waals surface area contributed by atoms with Crippen molar-refractivity contribution in [3.05, 3.63) is 0 Å². The summed E-state index contributed by atoms with van der Waals surface area (Å²) in [5.74, 6) is -1.17. The molecule has 84 heavy (non-hydrogen) atoms. The molecule has 3 unspecified atom stereocenters. The van der Waals surface area contributed by atoms with Crippen LogP contribution in [-0.2, 0) is 47.2 Å². The van der Waals surface area contributed by atoms with E-state index in [9.17, 15) is 43.7 Å². The molecule has 0 aromatic heterocycles. The van der Waals surface area contributed by atoms with E-state index in [-0.39, 0.29) is 109 Å². The SMILES string of the molecule is CCCCCCCCCCCCCC(=O)OCC(CO)OC(=O)CCCCCCCCCCCCC.CCCCCCCCCCCCCC(=O)OCC(CO)OC(=O)CCCCCCCCCCCCC.O=P([O-])([O-])OCC(O)CO.[Na+].[Na+]. The standard InChI is InChI=1S/2C31H60O5.C3H9O6P.2Na/c2*1-3-5-7-9-11-13-15-17-19-21-23-25-30(33)35-28-29(27-32)36-31(34)26-24-22-20-18-16-14-12-10-8-6-4-2;4-1-3(5)2-9-10(6,7)8;;/h2*29,32H,3-28H2,1-2H3;3-5H,1-2H2,(H2,6,7,8);;/q;;;2*+1/p-2. The molecular weight excluding hydrogens is 1110 g/mol. The fourth-order valence-electron chi connectivity index (χ4n) is 9.22. The number of aliphatic hydroxyl groups is 4. The van der Waals surface area contributed by atoms with E-state index >= 15 is 0 Å². The molecule has 0 aliphatic heterocycles. The fourth-order valence-corrected chi connectivity index (χ4v) is 9.57. The summed E-state index contributed by atoms with van der Waals surface area (Å²) in [4.78, 5) is 67.4. The minimum absolute atomic E-state index is 0. The molecule has 0 aliphatic rings. The minimum atomic E-state index is -5.00. The molecule has 0 rings (SSSR count). The predicted octanol–water partition coefficient (Wildman–Crippen LogP) is 8.86. The van der Waals surface area contributed by atoms with Crippen molar-refractivity contribution in [1.29, 1.82) is 0 Å². The van der Waals surface area contributed by atoms with Crippen LogP contribution in [0.1, 0.15) is 336 Å². The molecule has 4 N–H and O–H groups in total. The molecule has 0 fully saturated rings. The van der Waals surface area contributed by atoms with Crippen molar-refractivity contribution in [3.63, 3.8) is 0 Å². The van der Waals surface area contributed by atoms with Gasteiger partial charge in [0, 0.05) is 25.7 Å². The Morgan fingerprint density at radius 2 is 0.536 bits per heavy atom. The molecule has 0 saturated carbocycles. The van der Waals surface area contributed by atoms with Gasteiger partial charge in [0.25, 0.3) is 0 Å². The van der Waals surface area contributed by atoms with Crippen LogP contribution in [0.4, 0.5) is 0 Å². The Balaban J connectivity index is -0.000000416. The van der Waals surface area contributed by atoms with E-state index in [1.54, 1.807) is 0 Å². The zero-order valence-electron chi connectivity index (χ0n) is 55.1. The van der Waals surface area contributed by atoms with E-state index < -0.39 is 39.3 Å². The molecule has 0 saturated heterocycles. The van der Waals surface area contributed by atoms with Gasteiger partial charge in [-0.3, -0.25) is 19.2 Å². The van der Waals surface area contributed by atoms with Crippen molar-refractivity contribution in [2.24, 2.45) is 0 Å². The zero-order valence-corrected chi connectivity index (χ0v) is 59.9. The van der Waals surface area contributed by atoms with Gasteiger partial charge < -0.3 is 58.2 Å². The predicted molar refractivity (Wildman–Crippen MR) is 327 cm³/mol. The summed E-state index contributed by atoms with van der Waals surface area (Å²) in [6.07, 6.45) is 53.1. The Labute approximate surface area is 557 Å². The number of aliphatic hydroxyl groups excluding tert-OH is 4. The minimum Gasteiger partial charge on any atom is -0.790 e. The molecule has 0 radical (unpaired) electrons. The van der Waals surface area contributed by atoms with E-state index in [0.717, 1.165) is 77.0 Å². The molecule has 0 spiro atoms. The van der Waals surface area contributed by atoms with E-state index in [1.165, 1.54) is 205 Å². The van der Waals surface area contributed by atoms with Crippen molar-refractivity contribution in [1.82, 2.24) is 0 Å². The molecule has 0 heterocycles. The number of ether oxygens (including phenoxy) is 4. The van der Waals surface area contributed by atoms with Crippen LogP contribution in [0.3, 0.4) is 0 Å². The number of phosphoric ester groups is 1. The van der Waals surface area contributed by atoms with E-state index in [4.69, 9.17) is 29.2 Å². The van der Waals surface area contributed by atoms with Crippen LogP contribution in [0.5, 0.6) is 0 Å². The Morgan fingerprint density at radius 1 is 0.333 bits per heavy atom. The van der Waals surface area contributed by atoms with Crippen LogP contribution in [-0.4, -0.2) is 102 Å². The van der Waals surface area contributed by atoms with Crippen LogP contribution in [0.15, 0.2) is 0 Å². The van der Waals surface area contributed by atoms with Gasteiger partial charge in [0.05, 0.1) is 34.3 Å². The number of hydrogen-bond acceptors (Lipinski definition) is 16. The van der Waals surface area contributed by atoms with Crippen molar-refractivity contribution in [2.45, 2.75) is 354 Å². The number of phosphoric acid groups is 1. The van der Waals surface area contributed by atoms with Gasteiger partial charge in [-0.25, -0.2) is 0 Å². The van der Waals surface area contributed by atoms with Crippen molar-refractivity contribution in [3.8, 4) is 0 Å². The number of unbranched alkanes of at least 4 members (excludes halogenated alkanes) is 40. The number of esters is 4. The number of hydrogen-bond donors (Lipinski definition) is 4. The molecular formula is C65H127Na2O16P. The maximum absolute atomic E-state index is 12.0. The second-order valence-corrected chi connectivity index (χ2v) is 23.8. The van der Waals surface area contributed by atoms with E-state index in [0.29, 0.717) is 25.7 Å². The normalized spacial score (nSPS) is 12.1. The first-order chi connectivity index (χ1) is 39.7. The van der Waals surface area contributed by atoms with Gasteiger partial charge in [0.2, 0.25) is 0 Å². The summed E-state index contributed by atoms with van der Waals surface area (Å²) in [6, 6.07) is 0. The second kappa shape index (κ2) is 75.3. The van der Waals surface area contributed by atoms with Crippen LogP contribution in [0, 0.1) is 0 Å². The molecule has 0 aromatic carbocycles. The van der Waals surface area contributed by atoms with Crippen molar-refractivity contribution < 1.29 is 137 Å². The summed E-state index contributed by atoms with van der Waals surface area (Å²) in [6.45, 7) is 6.89. The maximum atomic E-state index is 12.0. The van der Waals surface area contributed by atoms with Crippen LogP contribution in [0.25, 0.3) is 0 Å². The van der Waals surface area contributed by atoms with E-state index in [2.05, 4.69) is 32.2 Å². The molecule has 16 nitrogen and oxygen atoms in total. The first kappa shape index (κ1) is 92.6. The molecule has 19 heteroatoms. The quantitative estimate of drug-likeness (QED) is 0.0146. The molecule has 0 aliphatic carbocycles. The van der Waals surface area contributed by atoms with Crippen LogP contribution in [0.2, 0.25) is 0 Å². The van der Waals surface area contributed by atoms with Crippen molar-refractivity contribution >= 4 is 31.7 Å². The number of carbonyl (C=O) groups is 4. The van der Waals surface area contributed by atoms with Gasteiger partial charge in [-0.2, -0.15) is 0 Å². The van der Waals surface area contributed by atoms with E-state index in [1.807, 2.05) is 0 Å². The van der Waals surface area contributed by atoms with Gasteiger partial charge in [-0.15, -0.1) is 0 Å². The Morgan fingerprint density at radius 3 is 0.726 bits per heavy atom. The van der Waals surface area contributed by atoms with Crippen LogP contribution < -0.4 is 68.9 Å². The summed E-state index contributed by atoms with van der Waals surface area (Å²) in [5.41, 5.74) is 0. The van der Waals surface area contributed by atoms with Crippen LogP contribution >= 0.6 is 7.82 Å². The third kappa shape index (κ3) is 79.8. The van der Waals surface area contributed by atoms with Gasteiger partial charge in [0.1, 0.15) is 19.3 Å². The monoisotopic (exact) mass is 1240 g/mol. The van der Waals surface area contributed by atoms with Gasteiger partial charge >= 0.3 is 83.0 Å². The molecule has 3 atom stereocenters. The second-order valence-electron chi connectivity index (χ2n) is 22.7. The Bertz CT molecular complexity index is 1330. The molecule has 490 valence electrons. The summed E-state index contributed by atoms with van der Waals surface area (Å²) < 4.78 is 34.3. The van der Waals surface area contributed by atoms with Crippen molar-refractivity contribution in [2.75, 3.05) is 39.6 Å². The maximum Gasteiger partial charge on any atom is 1.00 e. The Kier molecular flexibility index (Phi) is 83.0. The molecule has 0 bridgehead atoms. The average Bonchev–Trinajstić information content (AvgIpc) is 3.50. The largest absolute Gasteiger partial charge is 1.00 e. The zero-order chi connectivity index (χ0) is 61.3.